The molecule has 0 aliphatic heterocycles. The second kappa shape index (κ2) is 13.1. The number of aromatic nitrogens is 4. The highest BCUT2D eigenvalue weighted by atomic mass is 19.4. The van der Waals surface area contributed by atoms with Crippen LogP contribution in [0, 0.1) is 13.8 Å². The molecule has 0 radical (unpaired) electrons. The minimum Gasteiger partial charge on any atom is -0.478 e. The van der Waals surface area contributed by atoms with Crippen molar-refractivity contribution >= 4 is 5.97 Å². The molecule has 50 heavy (non-hydrogen) atoms. The molecule has 3 heterocycles. The Bertz CT molecular complexity index is 2210. The lowest BCUT2D eigenvalue weighted by Gasteiger charge is -2.16. The molecule has 6 rings (SSSR count). The number of ether oxygens (including phenoxy) is 1. The first-order chi connectivity index (χ1) is 23.7. The molecule has 0 fully saturated rings. The maximum atomic E-state index is 13.9. The number of aromatic carboxylic acids is 1. The zero-order valence-corrected chi connectivity index (χ0v) is 26.3. The van der Waals surface area contributed by atoms with Crippen LogP contribution in [0.3, 0.4) is 0 Å². The third-order valence-corrected chi connectivity index (χ3v) is 7.89. The first-order valence-electron chi connectivity index (χ1n) is 15.0. The van der Waals surface area contributed by atoms with E-state index in [9.17, 15) is 36.2 Å². The number of rotatable bonds is 8. The summed E-state index contributed by atoms with van der Waals surface area (Å²) in [5, 5.41) is 13.0. The molecular formula is C37H26F6N4O3. The Balaban J connectivity index is 1.31. The highest BCUT2D eigenvalue weighted by molar-refractivity contribution is 5.89. The van der Waals surface area contributed by atoms with Crippen LogP contribution in [0.5, 0.6) is 5.88 Å². The van der Waals surface area contributed by atoms with Gasteiger partial charge in [0.2, 0.25) is 5.88 Å². The summed E-state index contributed by atoms with van der Waals surface area (Å²) in [5.41, 5.74) is 2.73. The van der Waals surface area contributed by atoms with Crippen molar-refractivity contribution in [2.24, 2.45) is 0 Å². The van der Waals surface area contributed by atoms with Crippen LogP contribution in [0.1, 0.15) is 38.3 Å². The first-order valence-corrected chi connectivity index (χ1v) is 15.0. The molecule has 0 amide bonds. The Labute approximate surface area is 281 Å². The van der Waals surface area contributed by atoms with Crippen molar-refractivity contribution in [3.63, 3.8) is 0 Å². The Morgan fingerprint density at radius 1 is 0.780 bits per heavy atom. The maximum Gasteiger partial charge on any atom is 0.434 e. The van der Waals surface area contributed by atoms with Crippen molar-refractivity contribution in [3.05, 3.63) is 137 Å². The molecule has 0 aliphatic carbocycles. The quantitative estimate of drug-likeness (QED) is 0.160. The van der Waals surface area contributed by atoms with Gasteiger partial charge in [0.1, 0.15) is 12.2 Å². The Kier molecular flexibility index (Phi) is 8.91. The van der Waals surface area contributed by atoms with Gasteiger partial charge < -0.3 is 9.84 Å². The molecule has 3 aromatic heterocycles. The van der Waals surface area contributed by atoms with E-state index >= 15 is 0 Å². The topological polar surface area (TPSA) is 90.1 Å². The number of benzene rings is 3. The predicted octanol–water partition coefficient (Wildman–Crippen LogP) is 9.59. The van der Waals surface area contributed by atoms with Crippen molar-refractivity contribution in [1.82, 2.24) is 19.7 Å². The molecule has 0 saturated carbocycles. The van der Waals surface area contributed by atoms with Crippen LogP contribution in [-0.2, 0) is 19.0 Å². The van der Waals surface area contributed by atoms with Crippen LogP contribution >= 0.6 is 0 Å². The fraction of sp³-hybridized carbons (Fsp3) is 0.135. The number of alkyl halides is 6. The average Bonchev–Trinajstić information content (AvgIpc) is 3.55. The second-order valence-corrected chi connectivity index (χ2v) is 11.4. The largest absolute Gasteiger partial charge is 0.478 e. The summed E-state index contributed by atoms with van der Waals surface area (Å²) in [6.07, 6.45) is -7.16. The van der Waals surface area contributed by atoms with Crippen molar-refractivity contribution in [2.45, 2.75) is 32.8 Å². The van der Waals surface area contributed by atoms with Gasteiger partial charge in [0, 0.05) is 17.3 Å². The Morgan fingerprint density at radius 3 is 2.16 bits per heavy atom. The zero-order valence-electron chi connectivity index (χ0n) is 26.3. The normalized spacial score (nSPS) is 11.8. The third-order valence-electron chi connectivity index (χ3n) is 7.89. The number of aryl methyl sites for hydroxylation is 2. The van der Waals surface area contributed by atoms with Gasteiger partial charge >= 0.3 is 18.3 Å². The molecule has 6 aromatic rings. The molecule has 1 N–H and O–H groups in total. The average molecular weight is 689 g/mol. The van der Waals surface area contributed by atoms with Gasteiger partial charge in [0.05, 0.1) is 17.5 Å². The fourth-order valence-electron chi connectivity index (χ4n) is 5.58. The Morgan fingerprint density at radius 2 is 1.50 bits per heavy atom. The molecule has 0 aliphatic rings. The molecule has 13 heteroatoms. The molecule has 0 saturated heterocycles. The summed E-state index contributed by atoms with van der Waals surface area (Å²) in [7, 11) is 0. The summed E-state index contributed by atoms with van der Waals surface area (Å²) >= 11 is 0. The molecule has 0 spiro atoms. The van der Waals surface area contributed by atoms with Gasteiger partial charge in [-0.2, -0.15) is 31.4 Å². The van der Waals surface area contributed by atoms with Crippen LogP contribution in [0.25, 0.3) is 39.3 Å². The number of carbonyl (C=O) groups is 1. The minimum atomic E-state index is -5.01. The molecule has 0 atom stereocenters. The summed E-state index contributed by atoms with van der Waals surface area (Å²) in [4.78, 5) is 20.5. The van der Waals surface area contributed by atoms with Gasteiger partial charge in [0.25, 0.3) is 0 Å². The van der Waals surface area contributed by atoms with E-state index in [-0.39, 0.29) is 18.3 Å². The highest BCUT2D eigenvalue weighted by Crippen LogP contribution is 2.38. The van der Waals surface area contributed by atoms with Crippen molar-refractivity contribution in [3.8, 4) is 45.2 Å². The van der Waals surface area contributed by atoms with Crippen LogP contribution in [-0.4, -0.2) is 30.8 Å². The zero-order chi connectivity index (χ0) is 35.8. The summed E-state index contributed by atoms with van der Waals surface area (Å²) in [6.45, 7) is 3.81. The van der Waals surface area contributed by atoms with E-state index < -0.39 is 35.1 Å². The first kappa shape index (κ1) is 33.9. The van der Waals surface area contributed by atoms with Crippen molar-refractivity contribution in [1.29, 1.82) is 0 Å². The number of carboxylic acids is 1. The van der Waals surface area contributed by atoms with Crippen molar-refractivity contribution < 1.29 is 41.0 Å². The molecule has 0 bridgehead atoms. The van der Waals surface area contributed by atoms with E-state index in [1.165, 1.54) is 24.3 Å². The molecule has 254 valence electrons. The van der Waals surface area contributed by atoms with E-state index in [2.05, 4.69) is 15.1 Å². The second-order valence-electron chi connectivity index (χ2n) is 11.4. The molecule has 0 unspecified atom stereocenters. The predicted molar refractivity (Wildman–Crippen MR) is 173 cm³/mol. The lowest BCUT2D eigenvalue weighted by Crippen LogP contribution is -2.18. The van der Waals surface area contributed by atoms with Gasteiger partial charge in [-0.05, 0) is 77.6 Å². The molecular weight excluding hydrogens is 662 g/mol. The van der Waals surface area contributed by atoms with Gasteiger partial charge in [-0.15, -0.1) is 0 Å². The monoisotopic (exact) mass is 688 g/mol. The van der Waals surface area contributed by atoms with E-state index in [1.807, 2.05) is 38.1 Å². The van der Waals surface area contributed by atoms with Crippen LogP contribution in [0.15, 0.2) is 103 Å². The number of pyridine rings is 2. The van der Waals surface area contributed by atoms with E-state index in [0.29, 0.717) is 38.8 Å². The van der Waals surface area contributed by atoms with Gasteiger partial charge in [-0.1, -0.05) is 60.7 Å². The third kappa shape index (κ3) is 6.93. The SMILES string of the molecule is Cc1cnc(OCc2ccc(-c3ccc(C(F)(F)F)cc3)c(C)c2)c(-c2ccccc2-c2cccc(-n3ncc(C(=O)O)c3C(F)(F)F)n2)c1. The van der Waals surface area contributed by atoms with Crippen LogP contribution < -0.4 is 4.74 Å². The number of hydrogen-bond acceptors (Lipinski definition) is 5. The van der Waals surface area contributed by atoms with Gasteiger partial charge in [-0.25, -0.2) is 19.4 Å². The standard InChI is InChI=1S/C37H26F6N4O3/c1-21-16-29(34(44-18-21)50-20-23-10-15-26(22(2)17-23)24-11-13-25(14-12-24)36(38,39)40)27-6-3-4-7-28(27)31-8-5-9-32(46-31)47-33(37(41,42)43)30(19-45-47)35(48)49/h3-19H,20H2,1-2H3,(H,48,49). The van der Waals surface area contributed by atoms with E-state index in [4.69, 9.17) is 4.74 Å². The highest BCUT2D eigenvalue weighted by Gasteiger charge is 2.41. The van der Waals surface area contributed by atoms with E-state index in [1.54, 1.807) is 36.5 Å². The van der Waals surface area contributed by atoms with Gasteiger partial charge in [-0.3, -0.25) is 0 Å². The smallest absolute Gasteiger partial charge is 0.434 e. The number of carboxylic acid groups (broad SMARTS) is 1. The van der Waals surface area contributed by atoms with Gasteiger partial charge in [0.15, 0.2) is 11.5 Å². The fourth-order valence-corrected chi connectivity index (χ4v) is 5.58. The van der Waals surface area contributed by atoms with E-state index in [0.717, 1.165) is 34.4 Å². The van der Waals surface area contributed by atoms with Crippen molar-refractivity contribution in [2.75, 3.05) is 0 Å². The van der Waals surface area contributed by atoms with Crippen LogP contribution in [0.4, 0.5) is 26.3 Å². The summed E-state index contributed by atoms with van der Waals surface area (Å²) in [6, 6.07) is 23.8. The molecule has 7 nitrogen and oxygen atoms in total. The Hall–Kier alpha value is -5.98. The number of halogens is 6. The minimum absolute atomic E-state index is 0.110. The lowest BCUT2D eigenvalue weighted by molar-refractivity contribution is -0.143. The number of nitrogens with zero attached hydrogens (tertiary/aromatic N) is 4. The summed E-state index contributed by atoms with van der Waals surface area (Å²) < 4.78 is 87.5. The maximum absolute atomic E-state index is 13.9. The van der Waals surface area contributed by atoms with Crippen LogP contribution in [0.2, 0.25) is 0 Å². The number of hydrogen-bond donors (Lipinski definition) is 1. The lowest BCUT2D eigenvalue weighted by atomic mass is 9.97. The molecule has 3 aromatic carbocycles. The summed E-state index contributed by atoms with van der Waals surface area (Å²) in [5.74, 6) is -1.72.